The van der Waals surface area contributed by atoms with Gasteiger partial charge in [-0.25, -0.2) is 9.97 Å². The van der Waals surface area contributed by atoms with Crippen molar-refractivity contribution in [2.24, 2.45) is 0 Å². The monoisotopic (exact) mass is 303 g/mol. The van der Waals surface area contributed by atoms with Gasteiger partial charge in [0.2, 0.25) is 0 Å². The number of thiophene rings is 1. The molecule has 20 heavy (non-hydrogen) atoms. The van der Waals surface area contributed by atoms with E-state index in [1.807, 2.05) is 35.7 Å². The second-order valence-corrected chi connectivity index (χ2v) is 5.85. The van der Waals surface area contributed by atoms with E-state index in [0.29, 0.717) is 5.02 Å². The Morgan fingerprint density at radius 2 is 2.15 bits per heavy atom. The summed E-state index contributed by atoms with van der Waals surface area (Å²) in [4.78, 5) is 10.3. The molecule has 0 bridgehead atoms. The van der Waals surface area contributed by atoms with E-state index in [4.69, 9.17) is 11.6 Å². The van der Waals surface area contributed by atoms with Crippen LogP contribution in [0.4, 0.5) is 5.82 Å². The fraction of sp³-hybridized carbons (Fsp3) is 0.200. The van der Waals surface area contributed by atoms with Gasteiger partial charge in [-0.15, -0.1) is 11.3 Å². The molecule has 0 radical (unpaired) electrons. The first-order valence-corrected chi connectivity index (χ1v) is 7.78. The molecule has 2 aromatic heterocycles. The second-order valence-electron chi connectivity index (χ2n) is 4.46. The molecule has 102 valence electrons. The van der Waals surface area contributed by atoms with E-state index >= 15 is 0 Å². The summed E-state index contributed by atoms with van der Waals surface area (Å²) < 4.78 is 0. The van der Waals surface area contributed by atoms with Crippen LogP contribution in [0.2, 0.25) is 5.02 Å². The lowest BCUT2D eigenvalue weighted by Gasteiger charge is -2.09. The van der Waals surface area contributed by atoms with Gasteiger partial charge in [-0.05, 0) is 36.1 Å². The molecule has 0 saturated heterocycles. The van der Waals surface area contributed by atoms with Gasteiger partial charge in [-0.1, -0.05) is 24.6 Å². The zero-order valence-electron chi connectivity index (χ0n) is 11.1. The standard InChI is InChI=1S/C15H14ClN3S/c1-2-7-17-14-11-6-5-10(16)9-12(11)18-15(19-14)13-4-3-8-20-13/h3-6,8-9H,2,7H2,1H3,(H,17,18,19). The second kappa shape index (κ2) is 5.77. The Morgan fingerprint density at radius 3 is 2.90 bits per heavy atom. The Labute approximate surface area is 126 Å². The van der Waals surface area contributed by atoms with Crippen LogP contribution in [0.3, 0.4) is 0 Å². The molecule has 0 unspecified atom stereocenters. The average molecular weight is 304 g/mol. The molecule has 1 aromatic carbocycles. The first kappa shape index (κ1) is 13.3. The zero-order chi connectivity index (χ0) is 13.9. The fourth-order valence-corrected chi connectivity index (χ4v) is 2.82. The van der Waals surface area contributed by atoms with Crippen molar-refractivity contribution in [3.8, 4) is 10.7 Å². The number of hydrogen-bond donors (Lipinski definition) is 1. The van der Waals surface area contributed by atoms with Gasteiger partial charge in [0.05, 0.1) is 10.4 Å². The van der Waals surface area contributed by atoms with Gasteiger partial charge in [-0.2, -0.15) is 0 Å². The molecule has 0 spiro atoms. The molecule has 2 heterocycles. The van der Waals surface area contributed by atoms with Crippen molar-refractivity contribution in [1.82, 2.24) is 9.97 Å². The van der Waals surface area contributed by atoms with Crippen molar-refractivity contribution in [2.75, 3.05) is 11.9 Å². The van der Waals surface area contributed by atoms with Crippen molar-refractivity contribution in [2.45, 2.75) is 13.3 Å². The summed E-state index contributed by atoms with van der Waals surface area (Å²) in [5, 5.41) is 7.09. The highest BCUT2D eigenvalue weighted by atomic mass is 35.5. The van der Waals surface area contributed by atoms with Crippen LogP contribution in [0.25, 0.3) is 21.6 Å². The maximum atomic E-state index is 6.07. The van der Waals surface area contributed by atoms with E-state index in [2.05, 4.69) is 22.2 Å². The molecule has 0 aliphatic rings. The van der Waals surface area contributed by atoms with Crippen LogP contribution in [0.15, 0.2) is 35.7 Å². The third kappa shape index (κ3) is 2.62. The van der Waals surface area contributed by atoms with Crippen LogP contribution in [-0.2, 0) is 0 Å². The Morgan fingerprint density at radius 1 is 1.25 bits per heavy atom. The van der Waals surface area contributed by atoms with Crippen molar-refractivity contribution < 1.29 is 0 Å². The predicted molar refractivity (Wildman–Crippen MR) is 86.6 cm³/mol. The Kier molecular flexibility index (Phi) is 3.85. The van der Waals surface area contributed by atoms with E-state index in [1.54, 1.807) is 11.3 Å². The van der Waals surface area contributed by atoms with Gasteiger partial charge in [0, 0.05) is 17.0 Å². The van der Waals surface area contributed by atoms with E-state index in [0.717, 1.165) is 40.4 Å². The highest BCUT2D eigenvalue weighted by Gasteiger charge is 2.10. The lowest BCUT2D eigenvalue weighted by Crippen LogP contribution is -2.04. The normalized spacial score (nSPS) is 10.9. The van der Waals surface area contributed by atoms with Crippen LogP contribution in [0, 0.1) is 0 Å². The van der Waals surface area contributed by atoms with E-state index in [-0.39, 0.29) is 0 Å². The number of anilines is 1. The molecule has 3 aromatic rings. The summed E-state index contributed by atoms with van der Waals surface area (Å²) in [6, 6.07) is 9.75. The largest absolute Gasteiger partial charge is 0.369 e. The number of hydrogen-bond acceptors (Lipinski definition) is 4. The van der Waals surface area contributed by atoms with Gasteiger partial charge in [0.1, 0.15) is 5.82 Å². The minimum absolute atomic E-state index is 0.690. The number of rotatable bonds is 4. The van der Waals surface area contributed by atoms with E-state index in [1.165, 1.54) is 0 Å². The van der Waals surface area contributed by atoms with Gasteiger partial charge >= 0.3 is 0 Å². The maximum absolute atomic E-state index is 6.07. The van der Waals surface area contributed by atoms with Crippen molar-refractivity contribution in [3.63, 3.8) is 0 Å². The van der Waals surface area contributed by atoms with Crippen LogP contribution in [0.5, 0.6) is 0 Å². The number of nitrogens with zero attached hydrogens (tertiary/aromatic N) is 2. The van der Waals surface area contributed by atoms with Crippen LogP contribution in [-0.4, -0.2) is 16.5 Å². The molecule has 0 aliphatic carbocycles. The summed E-state index contributed by atoms with van der Waals surface area (Å²) in [5.74, 6) is 1.62. The number of benzene rings is 1. The van der Waals surface area contributed by atoms with Crippen LogP contribution in [0.1, 0.15) is 13.3 Å². The molecular formula is C15H14ClN3S. The van der Waals surface area contributed by atoms with Crippen molar-refractivity contribution in [3.05, 3.63) is 40.7 Å². The number of aromatic nitrogens is 2. The smallest absolute Gasteiger partial charge is 0.172 e. The molecule has 0 atom stereocenters. The lowest BCUT2D eigenvalue weighted by molar-refractivity contribution is 0.970. The quantitative estimate of drug-likeness (QED) is 0.750. The SMILES string of the molecule is CCCNc1nc(-c2cccs2)nc2cc(Cl)ccc12. The van der Waals surface area contributed by atoms with Crippen LogP contribution < -0.4 is 5.32 Å². The van der Waals surface area contributed by atoms with E-state index in [9.17, 15) is 0 Å². The minimum Gasteiger partial charge on any atom is -0.369 e. The molecule has 1 N–H and O–H groups in total. The summed E-state index contributed by atoms with van der Waals surface area (Å²) in [5.41, 5.74) is 0.870. The summed E-state index contributed by atoms with van der Waals surface area (Å²) >= 11 is 7.71. The Bertz CT molecular complexity index is 725. The minimum atomic E-state index is 0.690. The predicted octanol–water partition coefficient (Wildman–Crippen LogP) is 4.83. The molecule has 3 rings (SSSR count). The van der Waals surface area contributed by atoms with Gasteiger partial charge in [0.15, 0.2) is 5.82 Å². The summed E-state index contributed by atoms with van der Waals surface area (Å²) in [7, 11) is 0. The molecule has 0 saturated carbocycles. The van der Waals surface area contributed by atoms with Crippen molar-refractivity contribution >= 4 is 39.7 Å². The van der Waals surface area contributed by atoms with E-state index < -0.39 is 0 Å². The third-order valence-corrected chi connectivity index (χ3v) is 4.04. The maximum Gasteiger partial charge on any atom is 0.172 e. The number of fused-ring (bicyclic) bond motifs is 1. The highest BCUT2D eigenvalue weighted by Crippen LogP contribution is 2.28. The molecule has 5 heteroatoms. The van der Waals surface area contributed by atoms with Gasteiger partial charge < -0.3 is 5.32 Å². The molecular weight excluding hydrogens is 290 g/mol. The third-order valence-electron chi connectivity index (χ3n) is 2.94. The molecule has 0 amide bonds. The molecule has 0 aliphatic heterocycles. The first-order chi connectivity index (χ1) is 9.78. The number of halogens is 1. The fourth-order valence-electron chi connectivity index (χ4n) is 2.00. The molecule has 0 fully saturated rings. The Balaban J connectivity index is 2.17. The topological polar surface area (TPSA) is 37.8 Å². The average Bonchev–Trinajstić information content (AvgIpc) is 2.98. The summed E-state index contributed by atoms with van der Waals surface area (Å²) in [6.07, 6.45) is 1.05. The van der Waals surface area contributed by atoms with Gasteiger partial charge in [0.25, 0.3) is 0 Å². The molecule has 3 nitrogen and oxygen atoms in total. The Hall–Kier alpha value is -1.65. The lowest BCUT2D eigenvalue weighted by atomic mass is 10.2. The van der Waals surface area contributed by atoms with Gasteiger partial charge in [-0.3, -0.25) is 0 Å². The summed E-state index contributed by atoms with van der Waals surface area (Å²) in [6.45, 7) is 3.02. The highest BCUT2D eigenvalue weighted by molar-refractivity contribution is 7.13. The zero-order valence-corrected chi connectivity index (χ0v) is 12.6. The first-order valence-electron chi connectivity index (χ1n) is 6.53. The van der Waals surface area contributed by atoms with Crippen LogP contribution >= 0.6 is 22.9 Å². The number of nitrogens with one attached hydrogen (secondary N) is 1. The van der Waals surface area contributed by atoms with Crippen molar-refractivity contribution in [1.29, 1.82) is 0 Å².